The van der Waals surface area contributed by atoms with Gasteiger partial charge in [-0.1, -0.05) is 24.6 Å². The molecule has 1 aromatic carbocycles. The van der Waals surface area contributed by atoms with Gasteiger partial charge in [0.2, 0.25) is 0 Å². The predicted octanol–water partition coefficient (Wildman–Crippen LogP) is 5.87. The van der Waals surface area contributed by atoms with Crippen LogP contribution >= 0.6 is 0 Å². The number of benzene rings is 1. The van der Waals surface area contributed by atoms with Crippen molar-refractivity contribution >= 4 is 10.9 Å². The van der Waals surface area contributed by atoms with Crippen LogP contribution in [0.4, 0.5) is 0 Å². The molecule has 1 aliphatic rings. The fraction of sp³-hybridized carbons (Fsp3) is 0.217. The van der Waals surface area contributed by atoms with E-state index in [1.54, 1.807) is 0 Å². The van der Waals surface area contributed by atoms with Crippen LogP contribution in [0.25, 0.3) is 33.4 Å². The van der Waals surface area contributed by atoms with Gasteiger partial charge in [0.05, 0.1) is 5.52 Å². The van der Waals surface area contributed by atoms with Crippen LogP contribution in [-0.4, -0.2) is 15.0 Å². The minimum atomic E-state index is 0.663. The van der Waals surface area contributed by atoms with E-state index < -0.39 is 0 Å². The van der Waals surface area contributed by atoms with E-state index in [-0.39, 0.29) is 0 Å². The van der Waals surface area contributed by atoms with Crippen molar-refractivity contribution in [3.8, 4) is 22.5 Å². The molecule has 26 heavy (non-hydrogen) atoms. The summed E-state index contributed by atoms with van der Waals surface area (Å²) in [6.07, 6.45) is 9.56. The molecular weight excluding hydrogens is 318 g/mol. The molecular formula is C23H21N3. The molecule has 3 nitrogen and oxygen atoms in total. The van der Waals surface area contributed by atoms with Gasteiger partial charge in [-0.3, -0.25) is 9.97 Å². The third-order valence-corrected chi connectivity index (χ3v) is 5.70. The van der Waals surface area contributed by atoms with Crippen molar-refractivity contribution in [2.45, 2.75) is 32.1 Å². The second kappa shape index (κ2) is 6.10. The average molecular weight is 339 g/mol. The smallest absolute Gasteiger partial charge is 0.0708 e. The summed E-state index contributed by atoms with van der Waals surface area (Å²) >= 11 is 0. The van der Waals surface area contributed by atoms with Gasteiger partial charge in [0.25, 0.3) is 0 Å². The van der Waals surface area contributed by atoms with Crippen molar-refractivity contribution in [2.24, 2.45) is 0 Å². The fourth-order valence-electron chi connectivity index (χ4n) is 4.14. The monoisotopic (exact) mass is 339 g/mol. The van der Waals surface area contributed by atoms with E-state index in [0.29, 0.717) is 5.92 Å². The van der Waals surface area contributed by atoms with Crippen LogP contribution in [0.1, 0.15) is 36.3 Å². The zero-order chi connectivity index (χ0) is 17.5. The molecule has 1 saturated carbocycles. The Morgan fingerprint density at radius 3 is 2.50 bits per heavy atom. The van der Waals surface area contributed by atoms with Crippen molar-refractivity contribution in [3.63, 3.8) is 0 Å². The molecule has 128 valence electrons. The van der Waals surface area contributed by atoms with Gasteiger partial charge in [-0.05, 0) is 61.1 Å². The van der Waals surface area contributed by atoms with Crippen LogP contribution in [0.3, 0.4) is 0 Å². The SMILES string of the molecule is Cc1c(-c2ccnc3ccccc23)[nH]c(-c2ccncc2)c1C1CCC1. The van der Waals surface area contributed by atoms with Gasteiger partial charge < -0.3 is 4.98 Å². The minimum Gasteiger partial charge on any atom is -0.354 e. The molecule has 5 rings (SSSR count). The lowest BCUT2D eigenvalue weighted by Gasteiger charge is -2.27. The number of aromatic amines is 1. The standard InChI is InChI=1S/C23H21N3/c1-15-21(16-5-4-6-16)23(17-9-12-24-13-10-17)26-22(15)19-11-14-25-20-8-3-2-7-18(19)20/h2-3,7-14,16,26H,4-6H2,1H3. The highest BCUT2D eigenvalue weighted by molar-refractivity contribution is 5.95. The number of rotatable bonds is 3. The lowest BCUT2D eigenvalue weighted by molar-refractivity contribution is 0.419. The van der Waals surface area contributed by atoms with Gasteiger partial charge in [0.15, 0.2) is 0 Å². The zero-order valence-corrected chi connectivity index (χ0v) is 14.9. The first kappa shape index (κ1) is 15.3. The molecule has 0 saturated heterocycles. The maximum atomic E-state index is 4.52. The zero-order valence-electron chi connectivity index (χ0n) is 14.9. The normalized spacial score (nSPS) is 14.5. The van der Waals surface area contributed by atoms with E-state index in [0.717, 1.165) is 5.52 Å². The first-order valence-corrected chi connectivity index (χ1v) is 9.30. The average Bonchev–Trinajstić information content (AvgIpc) is 2.98. The van der Waals surface area contributed by atoms with Crippen molar-refractivity contribution in [3.05, 3.63) is 72.2 Å². The quantitative estimate of drug-likeness (QED) is 0.507. The van der Waals surface area contributed by atoms with Gasteiger partial charge in [-0.2, -0.15) is 0 Å². The van der Waals surface area contributed by atoms with E-state index in [4.69, 9.17) is 0 Å². The van der Waals surface area contributed by atoms with E-state index >= 15 is 0 Å². The Bertz CT molecular complexity index is 1070. The van der Waals surface area contributed by atoms with Gasteiger partial charge in [-0.15, -0.1) is 0 Å². The lowest BCUT2D eigenvalue weighted by atomic mass is 9.77. The van der Waals surface area contributed by atoms with Crippen molar-refractivity contribution < 1.29 is 0 Å². The fourth-order valence-corrected chi connectivity index (χ4v) is 4.14. The van der Waals surface area contributed by atoms with Crippen LogP contribution in [0, 0.1) is 6.92 Å². The number of aromatic nitrogens is 3. The van der Waals surface area contributed by atoms with Crippen LogP contribution < -0.4 is 0 Å². The van der Waals surface area contributed by atoms with Crippen molar-refractivity contribution in [2.75, 3.05) is 0 Å². The molecule has 3 heteroatoms. The Morgan fingerprint density at radius 2 is 1.73 bits per heavy atom. The number of H-pyrrole nitrogens is 1. The summed E-state index contributed by atoms with van der Waals surface area (Å²) in [6.45, 7) is 2.26. The Morgan fingerprint density at radius 1 is 0.923 bits per heavy atom. The first-order valence-electron chi connectivity index (χ1n) is 9.30. The topological polar surface area (TPSA) is 41.6 Å². The molecule has 0 unspecified atom stereocenters. The molecule has 1 N–H and O–H groups in total. The van der Waals surface area contributed by atoms with Crippen molar-refractivity contribution in [1.29, 1.82) is 0 Å². The maximum absolute atomic E-state index is 4.52. The molecule has 0 aliphatic heterocycles. The summed E-state index contributed by atoms with van der Waals surface area (Å²) in [7, 11) is 0. The second-order valence-electron chi connectivity index (χ2n) is 7.15. The predicted molar refractivity (Wildman–Crippen MR) is 106 cm³/mol. The summed E-state index contributed by atoms with van der Waals surface area (Å²) in [5.41, 5.74) is 8.82. The van der Waals surface area contributed by atoms with Gasteiger partial charge in [0.1, 0.15) is 0 Å². The van der Waals surface area contributed by atoms with Crippen LogP contribution in [0.5, 0.6) is 0 Å². The van der Waals surface area contributed by atoms with Gasteiger partial charge >= 0.3 is 0 Å². The van der Waals surface area contributed by atoms with E-state index in [1.165, 1.54) is 58.3 Å². The Balaban J connectivity index is 1.76. The first-order chi connectivity index (χ1) is 12.8. The number of nitrogens with one attached hydrogen (secondary N) is 1. The second-order valence-corrected chi connectivity index (χ2v) is 7.15. The lowest BCUT2D eigenvalue weighted by Crippen LogP contribution is -2.10. The Kier molecular flexibility index (Phi) is 3.59. The molecule has 0 bridgehead atoms. The minimum absolute atomic E-state index is 0.663. The molecule has 1 fully saturated rings. The highest BCUT2D eigenvalue weighted by atomic mass is 14.8. The maximum Gasteiger partial charge on any atom is 0.0708 e. The Labute approximate surface area is 153 Å². The number of hydrogen-bond acceptors (Lipinski definition) is 2. The molecule has 0 atom stereocenters. The molecule has 0 spiro atoms. The molecule has 0 radical (unpaired) electrons. The molecule has 0 amide bonds. The largest absolute Gasteiger partial charge is 0.354 e. The van der Waals surface area contributed by atoms with Crippen LogP contribution in [0.15, 0.2) is 61.1 Å². The highest BCUT2D eigenvalue weighted by Crippen LogP contribution is 2.46. The number of fused-ring (bicyclic) bond motifs is 1. The number of nitrogens with zero attached hydrogens (tertiary/aromatic N) is 2. The number of pyridine rings is 2. The third-order valence-electron chi connectivity index (χ3n) is 5.70. The van der Waals surface area contributed by atoms with E-state index in [9.17, 15) is 0 Å². The van der Waals surface area contributed by atoms with Crippen LogP contribution in [0.2, 0.25) is 0 Å². The summed E-state index contributed by atoms with van der Waals surface area (Å²) in [4.78, 5) is 12.5. The molecule has 3 heterocycles. The number of para-hydroxylation sites is 1. The summed E-state index contributed by atoms with van der Waals surface area (Å²) in [5.74, 6) is 0.663. The summed E-state index contributed by atoms with van der Waals surface area (Å²) in [6, 6.07) is 14.7. The summed E-state index contributed by atoms with van der Waals surface area (Å²) in [5, 5.41) is 1.20. The van der Waals surface area contributed by atoms with Gasteiger partial charge in [-0.25, -0.2) is 0 Å². The Hall–Kier alpha value is -2.94. The molecule has 4 aromatic rings. The third kappa shape index (κ3) is 2.35. The van der Waals surface area contributed by atoms with Crippen LogP contribution in [-0.2, 0) is 0 Å². The number of hydrogen-bond donors (Lipinski definition) is 1. The van der Waals surface area contributed by atoms with Gasteiger partial charge in [0, 0.05) is 46.5 Å². The highest BCUT2D eigenvalue weighted by Gasteiger charge is 2.28. The molecule has 3 aromatic heterocycles. The van der Waals surface area contributed by atoms with Crippen molar-refractivity contribution in [1.82, 2.24) is 15.0 Å². The molecule has 1 aliphatic carbocycles. The van der Waals surface area contributed by atoms with E-state index in [2.05, 4.69) is 58.3 Å². The van der Waals surface area contributed by atoms with E-state index in [1.807, 2.05) is 24.7 Å². The summed E-state index contributed by atoms with van der Waals surface area (Å²) < 4.78 is 0.